The molecule has 150 valence electrons. The van der Waals surface area contributed by atoms with Crippen LogP contribution in [0, 0.1) is 0 Å². The van der Waals surface area contributed by atoms with Crippen molar-refractivity contribution in [3.63, 3.8) is 0 Å². The summed E-state index contributed by atoms with van der Waals surface area (Å²) in [6.45, 7) is 3.04. The number of hydrogen-bond acceptors (Lipinski definition) is 3. The van der Waals surface area contributed by atoms with Crippen LogP contribution in [0.2, 0.25) is 0 Å². The zero-order valence-electron chi connectivity index (χ0n) is 16.3. The van der Waals surface area contributed by atoms with Crippen LogP contribution in [0.5, 0.6) is 5.75 Å². The Morgan fingerprint density at radius 1 is 1.15 bits per heavy atom. The molecule has 2 aliphatic carbocycles. The number of halogens is 1. The molecule has 1 aromatic carbocycles. The molecule has 0 unspecified atom stereocenters. The number of phenolic OH excluding ortho intramolecular Hbond substituents is 1. The Hall–Kier alpha value is -1.02. The van der Waals surface area contributed by atoms with Crippen LogP contribution in [0.3, 0.4) is 0 Å². The van der Waals surface area contributed by atoms with Gasteiger partial charge in [0.2, 0.25) is 0 Å². The maximum Gasteiger partial charge on any atom is 0.191 e. The van der Waals surface area contributed by atoms with Crippen LogP contribution in [0.15, 0.2) is 17.1 Å². The lowest BCUT2D eigenvalue weighted by molar-refractivity contribution is 0.197. The van der Waals surface area contributed by atoms with Gasteiger partial charge in [0, 0.05) is 44.3 Å². The molecule has 1 aromatic rings. The molecule has 1 saturated heterocycles. The van der Waals surface area contributed by atoms with E-state index in [0.717, 1.165) is 30.4 Å². The zero-order chi connectivity index (χ0) is 17.9. The van der Waals surface area contributed by atoms with Gasteiger partial charge in [-0.1, -0.05) is 6.07 Å². The van der Waals surface area contributed by atoms with Gasteiger partial charge in [0.05, 0.1) is 0 Å². The summed E-state index contributed by atoms with van der Waals surface area (Å²) >= 11 is 0. The van der Waals surface area contributed by atoms with Crippen molar-refractivity contribution in [1.82, 2.24) is 15.5 Å². The molecule has 6 heteroatoms. The number of likely N-dealkylation sites (tertiary alicyclic amines) is 1. The van der Waals surface area contributed by atoms with Crippen LogP contribution < -0.4 is 10.6 Å². The van der Waals surface area contributed by atoms with Gasteiger partial charge in [-0.15, -0.1) is 24.0 Å². The van der Waals surface area contributed by atoms with Crippen LogP contribution in [0.25, 0.3) is 0 Å². The summed E-state index contributed by atoms with van der Waals surface area (Å²) in [5.74, 6) is 1.26. The number of guanidine groups is 1. The summed E-state index contributed by atoms with van der Waals surface area (Å²) in [7, 11) is 1.83. The highest BCUT2D eigenvalue weighted by Gasteiger charge is 2.31. The average molecular weight is 484 g/mol. The number of phenols is 1. The molecule has 0 radical (unpaired) electrons. The van der Waals surface area contributed by atoms with Crippen molar-refractivity contribution in [3.8, 4) is 5.75 Å². The predicted molar refractivity (Wildman–Crippen MR) is 121 cm³/mol. The van der Waals surface area contributed by atoms with E-state index in [0.29, 0.717) is 18.3 Å². The SMILES string of the molecule is CN=C(NCc1c(O)ccc2c1CCCC2)NC1CCN(C2CC2)CC1.I. The van der Waals surface area contributed by atoms with Gasteiger partial charge >= 0.3 is 0 Å². The van der Waals surface area contributed by atoms with Crippen molar-refractivity contribution in [1.29, 1.82) is 0 Å². The first kappa shape index (κ1) is 20.7. The lowest BCUT2D eigenvalue weighted by Crippen LogP contribution is -2.48. The fraction of sp³-hybridized carbons (Fsp3) is 0.667. The molecule has 5 nitrogen and oxygen atoms in total. The number of aryl methyl sites for hydroxylation is 1. The number of rotatable bonds is 4. The minimum atomic E-state index is 0. The highest BCUT2D eigenvalue weighted by Crippen LogP contribution is 2.31. The van der Waals surface area contributed by atoms with Gasteiger partial charge < -0.3 is 20.6 Å². The fourth-order valence-electron chi connectivity index (χ4n) is 4.50. The summed E-state index contributed by atoms with van der Waals surface area (Å²) in [5.41, 5.74) is 3.80. The molecule has 0 atom stereocenters. The van der Waals surface area contributed by atoms with Crippen molar-refractivity contribution in [2.24, 2.45) is 4.99 Å². The summed E-state index contributed by atoms with van der Waals surface area (Å²) in [6.07, 6.45) is 9.84. The molecule has 0 bridgehead atoms. The molecule has 27 heavy (non-hydrogen) atoms. The lowest BCUT2D eigenvalue weighted by atomic mass is 9.88. The summed E-state index contributed by atoms with van der Waals surface area (Å²) in [4.78, 5) is 7.05. The summed E-state index contributed by atoms with van der Waals surface area (Å²) in [5, 5.41) is 17.4. The first-order valence-electron chi connectivity index (χ1n) is 10.3. The second-order valence-electron chi connectivity index (χ2n) is 8.02. The van der Waals surface area contributed by atoms with E-state index in [2.05, 4.69) is 26.6 Å². The van der Waals surface area contributed by atoms with E-state index < -0.39 is 0 Å². The van der Waals surface area contributed by atoms with E-state index in [1.807, 2.05) is 13.1 Å². The monoisotopic (exact) mass is 484 g/mol. The highest BCUT2D eigenvalue weighted by atomic mass is 127. The molecule has 1 aliphatic heterocycles. The minimum absolute atomic E-state index is 0. The number of aromatic hydroxyl groups is 1. The molecule has 3 N–H and O–H groups in total. The number of benzene rings is 1. The Morgan fingerprint density at radius 3 is 2.59 bits per heavy atom. The first-order chi connectivity index (χ1) is 12.7. The maximum absolute atomic E-state index is 10.4. The van der Waals surface area contributed by atoms with Crippen molar-refractivity contribution in [2.75, 3.05) is 20.1 Å². The normalized spacial score (nSPS) is 21.3. The molecule has 1 heterocycles. The second-order valence-corrected chi connectivity index (χ2v) is 8.02. The molecule has 0 aromatic heterocycles. The summed E-state index contributed by atoms with van der Waals surface area (Å²) in [6, 6.07) is 5.31. The van der Waals surface area contributed by atoms with E-state index in [-0.39, 0.29) is 24.0 Å². The number of nitrogens with zero attached hydrogens (tertiary/aromatic N) is 2. The standard InChI is InChI=1S/C21H32N4O.HI/c1-22-21(24-16-10-12-25(13-11-16)17-7-8-17)23-14-19-18-5-3-2-4-15(18)6-9-20(19)26;/h6,9,16-17,26H,2-5,7-8,10-14H2,1H3,(H2,22,23,24);1H. The Bertz CT molecular complexity index is 666. The number of fused-ring (bicyclic) bond motifs is 1. The Morgan fingerprint density at radius 2 is 1.89 bits per heavy atom. The second kappa shape index (κ2) is 9.45. The van der Waals surface area contributed by atoms with Gasteiger partial charge in [-0.05, 0) is 68.6 Å². The van der Waals surface area contributed by atoms with Gasteiger partial charge in [0.15, 0.2) is 5.96 Å². The number of hydrogen-bond donors (Lipinski definition) is 3. The van der Waals surface area contributed by atoms with Crippen molar-refractivity contribution >= 4 is 29.9 Å². The molecule has 1 saturated carbocycles. The van der Waals surface area contributed by atoms with Gasteiger partial charge in [-0.3, -0.25) is 4.99 Å². The minimum Gasteiger partial charge on any atom is -0.508 e. The number of piperidine rings is 1. The molecular weight excluding hydrogens is 451 g/mol. The maximum atomic E-state index is 10.4. The predicted octanol–water partition coefficient (Wildman–Crippen LogP) is 3.18. The van der Waals surface area contributed by atoms with Crippen molar-refractivity contribution < 1.29 is 5.11 Å². The Kier molecular flexibility index (Phi) is 7.25. The van der Waals surface area contributed by atoms with Gasteiger partial charge in [-0.25, -0.2) is 0 Å². The van der Waals surface area contributed by atoms with Gasteiger partial charge in [0.25, 0.3) is 0 Å². The molecule has 4 rings (SSSR count). The smallest absolute Gasteiger partial charge is 0.191 e. The van der Waals surface area contributed by atoms with Crippen LogP contribution in [0.1, 0.15) is 55.2 Å². The lowest BCUT2D eigenvalue weighted by Gasteiger charge is -2.33. The Balaban J connectivity index is 0.00000210. The van der Waals surface area contributed by atoms with Crippen LogP contribution >= 0.6 is 24.0 Å². The number of nitrogens with one attached hydrogen (secondary N) is 2. The number of aliphatic imine (C=N–C) groups is 1. The topological polar surface area (TPSA) is 59.9 Å². The highest BCUT2D eigenvalue weighted by molar-refractivity contribution is 14.0. The molecule has 0 spiro atoms. The van der Waals surface area contributed by atoms with Crippen LogP contribution in [-0.4, -0.2) is 48.2 Å². The van der Waals surface area contributed by atoms with Gasteiger partial charge in [-0.2, -0.15) is 0 Å². The quantitative estimate of drug-likeness (QED) is 0.349. The molecular formula is C21H33IN4O. The van der Waals surface area contributed by atoms with Crippen molar-refractivity contribution in [3.05, 3.63) is 28.8 Å². The van der Waals surface area contributed by atoms with Crippen LogP contribution in [-0.2, 0) is 19.4 Å². The molecule has 0 amide bonds. The molecule has 2 fully saturated rings. The van der Waals surface area contributed by atoms with E-state index in [1.165, 1.54) is 62.7 Å². The Labute approximate surface area is 180 Å². The third-order valence-electron chi connectivity index (χ3n) is 6.22. The summed E-state index contributed by atoms with van der Waals surface area (Å²) < 4.78 is 0. The van der Waals surface area contributed by atoms with E-state index in [4.69, 9.17) is 0 Å². The first-order valence-corrected chi connectivity index (χ1v) is 10.3. The fourth-order valence-corrected chi connectivity index (χ4v) is 4.50. The third kappa shape index (κ3) is 5.08. The van der Waals surface area contributed by atoms with E-state index in [1.54, 1.807) is 0 Å². The average Bonchev–Trinajstić information content (AvgIpc) is 3.52. The van der Waals surface area contributed by atoms with Crippen molar-refractivity contribution in [2.45, 2.75) is 70.0 Å². The van der Waals surface area contributed by atoms with E-state index in [9.17, 15) is 5.11 Å². The third-order valence-corrected chi connectivity index (χ3v) is 6.22. The zero-order valence-corrected chi connectivity index (χ0v) is 18.7. The molecule has 3 aliphatic rings. The largest absolute Gasteiger partial charge is 0.508 e. The van der Waals surface area contributed by atoms with Gasteiger partial charge in [0.1, 0.15) is 5.75 Å². The van der Waals surface area contributed by atoms with E-state index >= 15 is 0 Å². The van der Waals surface area contributed by atoms with Crippen LogP contribution in [0.4, 0.5) is 0 Å².